The van der Waals surface area contributed by atoms with Gasteiger partial charge in [0, 0.05) is 6.42 Å². The van der Waals surface area contributed by atoms with E-state index in [0.717, 1.165) is 49.0 Å². The summed E-state index contributed by atoms with van der Waals surface area (Å²) in [5.74, 6) is 3.40. The van der Waals surface area contributed by atoms with E-state index in [1.807, 2.05) is 0 Å². The summed E-state index contributed by atoms with van der Waals surface area (Å²) in [5.41, 5.74) is 2.79. The molecule has 0 aromatic rings. The number of carbonyl (C=O) groups is 1. The first-order valence-electron chi connectivity index (χ1n) is 8.93. The average molecular weight is 288 g/mol. The minimum Gasteiger partial charge on any atom is -0.393 e. The third-order valence-electron chi connectivity index (χ3n) is 7.74. The first-order chi connectivity index (χ1) is 10.0. The summed E-state index contributed by atoms with van der Waals surface area (Å²) in [7, 11) is 0. The second-order valence-corrected chi connectivity index (χ2v) is 8.33. The van der Waals surface area contributed by atoms with Gasteiger partial charge >= 0.3 is 0 Å². The molecule has 21 heavy (non-hydrogen) atoms. The molecule has 0 unspecified atom stereocenters. The van der Waals surface area contributed by atoms with Crippen LogP contribution in [0.4, 0.5) is 0 Å². The van der Waals surface area contributed by atoms with Crippen LogP contribution in [0.15, 0.2) is 11.1 Å². The molecule has 0 heterocycles. The second kappa shape index (κ2) is 4.68. The molecule has 0 aromatic carbocycles. The van der Waals surface area contributed by atoms with Crippen molar-refractivity contribution in [2.75, 3.05) is 0 Å². The van der Waals surface area contributed by atoms with E-state index >= 15 is 0 Å². The van der Waals surface area contributed by atoms with Gasteiger partial charge in [-0.3, -0.25) is 4.79 Å². The molecule has 116 valence electrons. The Morgan fingerprint density at radius 1 is 1.05 bits per heavy atom. The largest absolute Gasteiger partial charge is 0.393 e. The number of aliphatic hydroxyl groups is 1. The Balaban J connectivity index is 1.66. The number of ketones is 1. The molecule has 0 amide bonds. The molecule has 3 saturated carbocycles. The fraction of sp³-hybridized carbons (Fsp3) is 0.842. The number of hydrogen-bond acceptors (Lipinski definition) is 2. The topological polar surface area (TPSA) is 37.3 Å². The highest BCUT2D eigenvalue weighted by atomic mass is 16.3. The van der Waals surface area contributed by atoms with Gasteiger partial charge in [0.15, 0.2) is 5.78 Å². The number of hydrogen-bond donors (Lipinski definition) is 1. The summed E-state index contributed by atoms with van der Waals surface area (Å²) in [6, 6.07) is 0. The summed E-state index contributed by atoms with van der Waals surface area (Å²) in [5, 5.41) is 10.4. The Morgan fingerprint density at radius 3 is 2.67 bits per heavy atom. The van der Waals surface area contributed by atoms with E-state index in [2.05, 4.69) is 13.8 Å². The van der Waals surface area contributed by atoms with Crippen LogP contribution >= 0.6 is 0 Å². The van der Waals surface area contributed by atoms with E-state index in [-0.39, 0.29) is 11.5 Å². The van der Waals surface area contributed by atoms with Crippen LogP contribution in [0.2, 0.25) is 0 Å². The molecular formula is C19H28O2. The maximum atomic E-state index is 12.0. The van der Waals surface area contributed by atoms with Crippen LogP contribution in [0.1, 0.15) is 65.2 Å². The van der Waals surface area contributed by atoms with Gasteiger partial charge in [-0.05, 0) is 86.5 Å². The van der Waals surface area contributed by atoms with Crippen molar-refractivity contribution >= 4 is 5.78 Å². The molecule has 6 atom stereocenters. The molecule has 2 nitrogen and oxygen atoms in total. The maximum absolute atomic E-state index is 12.0. The predicted molar refractivity (Wildman–Crippen MR) is 82.7 cm³/mol. The fourth-order valence-corrected chi connectivity index (χ4v) is 6.48. The third kappa shape index (κ3) is 1.84. The lowest BCUT2D eigenvalue weighted by molar-refractivity contribution is -0.117. The zero-order valence-electron chi connectivity index (χ0n) is 13.4. The highest BCUT2D eigenvalue weighted by Gasteiger charge is 2.56. The van der Waals surface area contributed by atoms with Gasteiger partial charge in [-0.15, -0.1) is 0 Å². The highest BCUT2D eigenvalue weighted by Crippen LogP contribution is 2.62. The number of allylic oxidation sites excluding steroid dienone is 1. The minimum absolute atomic E-state index is 0.0740. The molecule has 1 N–H and O–H groups in total. The number of carbonyl (C=O) groups excluding carboxylic acids is 1. The SMILES string of the molecule is CC1=C2CC[C@@H]3[C@H](CC[C@]4(C)[C@H](O)CC[C@@H]34)[C@H]2CCC1=O. The average Bonchev–Trinajstić information content (AvgIpc) is 2.78. The summed E-state index contributed by atoms with van der Waals surface area (Å²) in [6.45, 7) is 4.41. The molecule has 0 saturated heterocycles. The van der Waals surface area contributed by atoms with Crippen LogP contribution in [0.5, 0.6) is 0 Å². The van der Waals surface area contributed by atoms with E-state index in [4.69, 9.17) is 0 Å². The monoisotopic (exact) mass is 288 g/mol. The Morgan fingerprint density at radius 2 is 1.86 bits per heavy atom. The Hall–Kier alpha value is -0.630. The lowest BCUT2D eigenvalue weighted by Crippen LogP contribution is -2.47. The predicted octanol–water partition coefficient (Wildman–Crippen LogP) is 3.88. The minimum atomic E-state index is -0.0740. The lowest BCUT2D eigenvalue weighted by atomic mass is 9.52. The maximum Gasteiger partial charge on any atom is 0.158 e. The van der Waals surface area contributed by atoms with Gasteiger partial charge in [-0.1, -0.05) is 12.5 Å². The smallest absolute Gasteiger partial charge is 0.158 e. The number of rotatable bonds is 0. The van der Waals surface area contributed by atoms with Gasteiger partial charge in [0.05, 0.1) is 6.10 Å². The summed E-state index contributed by atoms with van der Waals surface area (Å²) < 4.78 is 0. The van der Waals surface area contributed by atoms with Crippen molar-refractivity contribution in [3.63, 3.8) is 0 Å². The number of aliphatic hydroxyl groups excluding tert-OH is 1. The molecule has 3 fully saturated rings. The van der Waals surface area contributed by atoms with E-state index < -0.39 is 0 Å². The van der Waals surface area contributed by atoms with E-state index in [9.17, 15) is 9.90 Å². The van der Waals surface area contributed by atoms with E-state index in [1.165, 1.54) is 31.3 Å². The van der Waals surface area contributed by atoms with Crippen molar-refractivity contribution in [1.29, 1.82) is 0 Å². The van der Waals surface area contributed by atoms with Crippen LogP contribution in [0.3, 0.4) is 0 Å². The zero-order chi connectivity index (χ0) is 14.8. The van der Waals surface area contributed by atoms with Crippen LogP contribution < -0.4 is 0 Å². The molecule has 0 radical (unpaired) electrons. The highest BCUT2D eigenvalue weighted by molar-refractivity contribution is 5.96. The quantitative estimate of drug-likeness (QED) is 0.734. The van der Waals surface area contributed by atoms with Gasteiger partial charge in [-0.2, -0.15) is 0 Å². The van der Waals surface area contributed by atoms with Crippen LogP contribution in [0, 0.1) is 29.1 Å². The van der Waals surface area contributed by atoms with Crippen LogP contribution in [-0.2, 0) is 4.79 Å². The van der Waals surface area contributed by atoms with Crippen molar-refractivity contribution in [2.45, 2.75) is 71.3 Å². The summed E-state index contributed by atoms with van der Waals surface area (Å²) >= 11 is 0. The van der Waals surface area contributed by atoms with Crippen molar-refractivity contribution < 1.29 is 9.90 Å². The molecule has 2 heteroatoms. The molecule has 0 bridgehead atoms. The summed E-state index contributed by atoms with van der Waals surface area (Å²) in [4.78, 5) is 12.0. The van der Waals surface area contributed by atoms with Crippen LogP contribution in [0.25, 0.3) is 0 Å². The van der Waals surface area contributed by atoms with E-state index in [1.54, 1.807) is 0 Å². The van der Waals surface area contributed by atoms with Crippen molar-refractivity contribution in [2.24, 2.45) is 29.1 Å². The summed E-state index contributed by atoms with van der Waals surface area (Å²) in [6.07, 6.45) is 8.89. The van der Waals surface area contributed by atoms with Gasteiger partial charge in [0.1, 0.15) is 0 Å². The second-order valence-electron chi connectivity index (χ2n) is 8.33. The molecular weight excluding hydrogens is 260 g/mol. The number of fused-ring (bicyclic) bond motifs is 5. The lowest BCUT2D eigenvalue weighted by Gasteiger charge is -2.53. The van der Waals surface area contributed by atoms with Crippen molar-refractivity contribution in [3.8, 4) is 0 Å². The molecule has 4 aliphatic carbocycles. The van der Waals surface area contributed by atoms with Gasteiger partial charge in [0.2, 0.25) is 0 Å². The Kier molecular flexibility index (Phi) is 3.12. The Labute approximate surface area is 128 Å². The first-order valence-corrected chi connectivity index (χ1v) is 8.93. The zero-order valence-corrected chi connectivity index (χ0v) is 13.4. The molecule has 4 aliphatic rings. The third-order valence-corrected chi connectivity index (χ3v) is 7.74. The molecule has 0 aliphatic heterocycles. The van der Waals surface area contributed by atoms with Gasteiger partial charge in [-0.25, -0.2) is 0 Å². The van der Waals surface area contributed by atoms with E-state index in [0.29, 0.717) is 11.7 Å². The standard InChI is InChI=1S/C19H28O2/c1-11-12-3-4-15-14(13(12)5-7-17(11)20)9-10-19(2)16(15)6-8-18(19)21/h13-16,18,21H,3-10H2,1-2H3/t13-,14+,15+,16-,18+,19-/m0/s1. The Bertz CT molecular complexity index is 506. The molecule has 0 spiro atoms. The molecule has 4 rings (SSSR count). The van der Waals surface area contributed by atoms with Crippen LogP contribution in [-0.4, -0.2) is 17.0 Å². The molecule has 0 aromatic heterocycles. The van der Waals surface area contributed by atoms with Crippen molar-refractivity contribution in [1.82, 2.24) is 0 Å². The van der Waals surface area contributed by atoms with Gasteiger partial charge in [0.25, 0.3) is 0 Å². The number of Topliss-reactive ketones (excluding diaryl/α,β-unsaturated/α-hetero) is 1. The van der Waals surface area contributed by atoms with Gasteiger partial charge < -0.3 is 5.11 Å². The fourth-order valence-electron chi connectivity index (χ4n) is 6.48. The first kappa shape index (κ1) is 14.0. The normalized spacial score (nSPS) is 49.7. The van der Waals surface area contributed by atoms with Crippen molar-refractivity contribution in [3.05, 3.63) is 11.1 Å².